The summed E-state index contributed by atoms with van der Waals surface area (Å²) in [7, 11) is 0. The molecule has 1 fully saturated rings. The predicted octanol–water partition coefficient (Wildman–Crippen LogP) is 2.95. The third-order valence-corrected chi connectivity index (χ3v) is 3.10. The van der Waals surface area contributed by atoms with Crippen LogP contribution in [0.3, 0.4) is 0 Å². The Bertz CT molecular complexity index is 414. The molecule has 0 aliphatic heterocycles. The van der Waals surface area contributed by atoms with Gasteiger partial charge in [0.1, 0.15) is 5.82 Å². The fourth-order valence-corrected chi connectivity index (χ4v) is 1.67. The van der Waals surface area contributed by atoms with Gasteiger partial charge in [0.15, 0.2) is 0 Å². The summed E-state index contributed by atoms with van der Waals surface area (Å²) in [4.78, 5) is 11.6. The Morgan fingerprint density at radius 3 is 2.81 bits per heavy atom. The molecule has 1 aliphatic carbocycles. The molecule has 2 nitrogen and oxygen atoms in total. The molecular weight excluding hydrogens is 207 g/mol. The smallest absolute Gasteiger partial charge is 0.338 e. The molecule has 3 heteroatoms. The Morgan fingerprint density at radius 2 is 2.25 bits per heavy atom. The van der Waals surface area contributed by atoms with Crippen LogP contribution in [-0.4, -0.2) is 12.6 Å². The normalized spacial score (nSPS) is 22.9. The van der Waals surface area contributed by atoms with Crippen LogP contribution in [0, 0.1) is 24.6 Å². The largest absolute Gasteiger partial charge is 0.462 e. The van der Waals surface area contributed by atoms with E-state index >= 15 is 0 Å². The van der Waals surface area contributed by atoms with Crippen molar-refractivity contribution in [2.24, 2.45) is 11.8 Å². The van der Waals surface area contributed by atoms with Crippen LogP contribution in [0.25, 0.3) is 0 Å². The van der Waals surface area contributed by atoms with Crippen molar-refractivity contribution in [3.8, 4) is 0 Å². The topological polar surface area (TPSA) is 26.3 Å². The zero-order valence-electron chi connectivity index (χ0n) is 9.50. The van der Waals surface area contributed by atoms with Crippen LogP contribution in [0.1, 0.15) is 29.3 Å². The highest BCUT2D eigenvalue weighted by Gasteiger charge is 2.33. The van der Waals surface area contributed by atoms with E-state index in [0.29, 0.717) is 29.6 Å². The van der Waals surface area contributed by atoms with E-state index in [1.54, 1.807) is 6.92 Å². The van der Waals surface area contributed by atoms with E-state index in [1.165, 1.54) is 18.2 Å². The maximum absolute atomic E-state index is 13.0. The van der Waals surface area contributed by atoms with E-state index in [9.17, 15) is 9.18 Å². The van der Waals surface area contributed by atoms with Gasteiger partial charge in [-0.3, -0.25) is 0 Å². The lowest BCUT2D eigenvalue weighted by molar-refractivity contribution is 0.0481. The van der Waals surface area contributed by atoms with Crippen molar-refractivity contribution in [1.29, 1.82) is 0 Å². The van der Waals surface area contributed by atoms with Crippen LogP contribution in [0.4, 0.5) is 4.39 Å². The summed E-state index contributed by atoms with van der Waals surface area (Å²) in [5, 5.41) is 0. The molecule has 0 N–H and O–H groups in total. The van der Waals surface area contributed by atoms with Gasteiger partial charge < -0.3 is 4.74 Å². The van der Waals surface area contributed by atoms with Gasteiger partial charge in [-0.25, -0.2) is 9.18 Å². The molecule has 2 atom stereocenters. The molecule has 1 aromatic rings. The fourth-order valence-electron chi connectivity index (χ4n) is 1.67. The van der Waals surface area contributed by atoms with Crippen molar-refractivity contribution in [3.05, 3.63) is 35.1 Å². The van der Waals surface area contributed by atoms with E-state index in [-0.39, 0.29) is 11.8 Å². The number of halogens is 1. The average Bonchev–Trinajstić information content (AvgIpc) is 2.95. The van der Waals surface area contributed by atoms with E-state index in [1.807, 2.05) is 0 Å². The first-order chi connectivity index (χ1) is 7.58. The first kappa shape index (κ1) is 11.1. The molecule has 0 aromatic heterocycles. The standard InChI is InChI=1S/C13H15FO2/c1-8-5-11(8)7-16-13(15)10-3-4-12(14)9(2)6-10/h3-4,6,8,11H,5,7H2,1-2H3. The molecule has 0 spiro atoms. The van der Waals surface area contributed by atoms with Crippen LogP contribution in [0.2, 0.25) is 0 Å². The summed E-state index contributed by atoms with van der Waals surface area (Å²) < 4.78 is 18.1. The molecule has 0 amide bonds. The maximum Gasteiger partial charge on any atom is 0.338 e. The molecule has 1 saturated carbocycles. The second-order valence-corrected chi connectivity index (χ2v) is 4.54. The number of carbonyl (C=O) groups excluding carboxylic acids is 1. The van der Waals surface area contributed by atoms with Gasteiger partial charge in [0.2, 0.25) is 0 Å². The minimum absolute atomic E-state index is 0.299. The molecule has 1 aliphatic rings. The second-order valence-electron chi connectivity index (χ2n) is 4.54. The molecule has 86 valence electrons. The molecule has 1 aromatic carbocycles. The number of hydrogen-bond acceptors (Lipinski definition) is 2. The van der Waals surface area contributed by atoms with Gasteiger partial charge in [-0.1, -0.05) is 6.92 Å². The zero-order valence-corrected chi connectivity index (χ0v) is 9.50. The Hall–Kier alpha value is -1.38. The highest BCUT2D eigenvalue weighted by molar-refractivity contribution is 5.89. The highest BCUT2D eigenvalue weighted by atomic mass is 19.1. The van der Waals surface area contributed by atoms with Crippen molar-refractivity contribution in [2.75, 3.05) is 6.61 Å². The fraction of sp³-hybridized carbons (Fsp3) is 0.462. The number of benzene rings is 1. The number of hydrogen-bond donors (Lipinski definition) is 0. The summed E-state index contributed by atoms with van der Waals surface area (Å²) in [5.74, 6) is 0.530. The van der Waals surface area contributed by atoms with Crippen LogP contribution in [0.15, 0.2) is 18.2 Å². The molecule has 16 heavy (non-hydrogen) atoms. The first-order valence-electron chi connectivity index (χ1n) is 5.51. The van der Waals surface area contributed by atoms with Crippen molar-refractivity contribution in [3.63, 3.8) is 0 Å². The molecule has 0 bridgehead atoms. The Labute approximate surface area is 94.4 Å². The van der Waals surface area contributed by atoms with E-state index in [4.69, 9.17) is 4.74 Å². The predicted molar refractivity (Wildman–Crippen MR) is 58.7 cm³/mol. The lowest BCUT2D eigenvalue weighted by atomic mass is 10.1. The molecule has 0 heterocycles. The summed E-state index contributed by atoms with van der Waals surface area (Å²) in [6.45, 7) is 4.26. The third-order valence-electron chi connectivity index (χ3n) is 3.10. The van der Waals surface area contributed by atoms with Gasteiger partial charge in [0.25, 0.3) is 0 Å². The minimum Gasteiger partial charge on any atom is -0.462 e. The van der Waals surface area contributed by atoms with Crippen molar-refractivity contribution >= 4 is 5.97 Å². The Kier molecular flexibility index (Phi) is 2.95. The van der Waals surface area contributed by atoms with Crippen LogP contribution >= 0.6 is 0 Å². The number of ether oxygens (including phenoxy) is 1. The van der Waals surface area contributed by atoms with Crippen molar-refractivity contribution < 1.29 is 13.9 Å². The Morgan fingerprint density at radius 1 is 1.56 bits per heavy atom. The van der Waals surface area contributed by atoms with Gasteiger partial charge in [-0.05, 0) is 48.9 Å². The number of esters is 1. The SMILES string of the molecule is Cc1cc(C(=O)OCC2CC2C)ccc1F. The second kappa shape index (κ2) is 4.24. The summed E-state index contributed by atoms with van der Waals surface area (Å²) in [6.07, 6.45) is 1.13. The highest BCUT2D eigenvalue weighted by Crippen LogP contribution is 2.37. The number of aryl methyl sites for hydroxylation is 1. The molecule has 2 rings (SSSR count). The summed E-state index contributed by atoms with van der Waals surface area (Å²) >= 11 is 0. The van der Waals surface area contributed by atoms with Crippen molar-refractivity contribution in [1.82, 2.24) is 0 Å². The lowest BCUT2D eigenvalue weighted by Gasteiger charge is -2.05. The van der Waals surface area contributed by atoms with E-state index in [2.05, 4.69) is 6.92 Å². The average molecular weight is 222 g/mol. The van der Waals surface area contributed by atoms with E-state index < -0.39 is 0 Å². The Balaban J connectivity index is 1.95. The molecule has 2 unspecified atom stereocenters. The van der Waals surface area contributed by atoms with Crippen LogP contribution in [-0.2, 0) is 4.74 Å². The number of carbonyl (C=O) groups is 1. The third kappa shape index (κ3) is 2.40. The number of rotatable bonds is 3. The van der Waals surface area contributed by atoms with Crippen LogP contribution < -0.4 is 0 Å². The van der Waals surface area contributed by atoms with Gasteiger partial charge in [-0.2, -0.15) is 0 Å². The minimum atomic E-state index is -0.359. The molecule has 0 saturated heterocycles. The molecule has 0 radical (unpaired) electrons. The maximum atomic E-state index is 13.0. The van der Waals surface area contributed by atoms with Crippen LogP contribution in [0.5, 0.6) is 0 Å². The monoisotopic (exact) mass is 222 g/mol. The molecular formula is C13H15FO2. The van der Waals surface area contributed by atoms with Gasteiger partial charge in [0.05, 0.1) is 12.2 Å². The zero-order chi connectivity index (χ0) is 11.7. The van der Waals surface area contributed by atoms with E-state index in [0.717, 1.165) is 6.42 Å². The van der Waals surface area contributed by atoms with Gasteiger partial charge in [-0.15, -0.1) is 0 Å². The lowest BCUT2D eigenvalue weighted by Crippen LogP contribution is -2.08. The van der Waals surface area contributed by atoms with Gasteiger partial charge >= 0.3 is 5.97 Å². The summed E-state index contributed by atoms with van der Waals surface area (Å²) in [6, 6.07) is 4.28. The van der Waals surface area contributed by atoms with Crippen molar-refractivity contribution in [2.45, 2.75) is 20.3 Å². The van der Waals surface area contributed by atoms with Gasteiger partial charge in [0, 0.05) is 0 Å². The summed E-state index contributed by atoms with van der Waals surface area (Å²) in [5.41, 5.74) is 0.890. The quantitative estimate of drug-likeness (QED) is 0.735. The first-order valence-corrected chi connectivity index (χ1v) is 5.51.